The van der Waals surface area contributed by atoms with Crippen molar-refractivity contribution in [2.24, 2.45) is 5.73 Å². The number of carbonyl (C=O) groups is 1. The molecule has 1 aliphatic carbocycles. The van der Waals surface area contributed by atoms with E-state index in [1.807, 2.05) is 7.11 Å². The Morgan fingerprint density at radius 2 is 2.03 bits per heavy atom. The number of methoxy groups -OCH3 is 1. The van der Waals surface area contributed by atoms with Gasteiger partial charge in [0.15, 0.2) is 5.65 Å². The third-order valence-corrected chi connectivity index (χ3v) is 6.13. The van der Waals surface area contributed by atoms with Gasteiger partial charge in [-0.25, -0.2) is 4.98 Å². The van der Waals surface area contributed by atoms with Gasteiger partial charge in [-0.05, 0) is 25.0 Å². The quantitative estimate of drug-likeness (QED) is 0.500. The van der Waals surface area contributed by atoms with Crippen LogP contribution in [-0.4, -0.2) is 58.5 Å². The van der Waals surface area contributed by atoms with Crippen molar-refractivity contribution in [1.29, 1.82) is 0 Å². The lowest BCUT2D eigenvalue weighted by Gasteiger charge is -2.28. The van der Waals surface area contributed by atoms with E-state index in [2.05, 4.69) is 20.7 Å². The average Bonchev–Trinajstić information content (AvgIpc) is 3.25. The highest BCUT2D eigenvalue weighted by molar-refractivity contribution is 5.98. The van der Waals surface area contributed by atoms with E-state index in [1.54, 1.807) is 36.0 Å². The molecular weight excluding hydrogens is 438 g/mol. The molecule has 4 N–H and O–H groups in total. The number of nitrogens with two attached hydrogens (primary N) is 1. The molecule has 34 heavy (non-hydrogen) atoms. The van der Waals surface area contributed by atoms with Crippen LogP contribution in [0.5, 0.6) is 0 Å². The van der Waals surface area contributed by atoms with E-state index < -0.39 is 5.91 Å². The van der Waals surface area contributed by atoms with Crippen LogP contribution >= 0.6 is 0 Å². The maximum absolute atomic E-state index is 12.7. The summed E-state index contributed by atoms with van der Waals surface area (Å²) < 4.78 is 13.5. The first-order valence-corrected chi connectivity index (χ1v) is 11.5. The molecule has 4 heterocycles. The Morgan fingerprint density at radius 1 is 1.26 bits per heavy atom. The number of nitrogens with zero attached hydrogens (tertiary/aromatic N) is 4. The summed E-state index contributed by atoms with van der Waals surface area (Å²) in [5.74, 6) is 0.358. The Morgan fingerprint density at radius 3 is 2.62 bits per heavy atom. The number of carbonyl (C=O) groups excluding carboxylic acids is 1. The Bertz CT molecular complexity index is 1200. The van der Waals surface area contributed by atoms with Gasteiger partial charge in [-0.15, -0.1) is 0 Å². The molecule has 1 saturated carbocycles. The number of hydrogen-bond donors (Lipinski definition) is 3. The molecule has 1 saturated heterocycles. The van der Waals surface area contributed by atoms with Crippen LogP contribution in [0.1, 0.15) is 48.5 Å². The number of primary amides is 1. The fourth-order valence-electron chi connectivity index (χ4n) is 4.09. The fourth-order valence-corrected chi connectivity index (χ4v) is 4.09. The van der Waals surface area contributed by atoms with Crippen LogP contribution in [0.15, 0.2) is 35.4 Å². The van der Waals surface area contributed by atoms with E-state index in [1.165, 1.54) is 42.8 Å². The van der Waals surface area contributed by atoms with Gasteiger partial charge >= 0.3 is 0 Å². The second kappa shape index (κ2) is 10.7. The molecule has 3 aromatic rings. The maximum atomic E-state index is 12.7. The zero-order valence-electron chi connectivity index (χ0n) is 19.5. The Balaban J connectivity index is 0.000000291. The lowest BCUT2D eigenvalue weighted by atomic mass is 9.98. The smallest absolute Gasteiger partial charge is 0.274 e. The standard InChI is InChI=1S/C16H17N7O3.C7H14O/c1-18-13-5-12(21-15-10(14(17)24)6-19-23(13)15)20-11-3-2-4-22(16(11)25)9-7-26-8-9;1-8-7-5-3-2-4-6-7/h2-6,9,18H,7-8H2,1H3,(H2,17,24)(H,20,21);7H,2-6H2,1H3. The fraction of sp³-hybridized carbons (Fsp3) is 0.478. The summed E-state index contributed by atoms with van der Waals surface area (Å²) in [6, 6.07) is 5.19. The van der Waals surface area contributed by atoms with Gasteiger partial charge < -0.3 is 30.4 Å². The molecule has 0 unspecified atom stereocenters. The summed E-state index contributed by atoms with van der Waals surface area (Å²) >= 11 is 0. The molecule has 0 aromatic carbocycles. The predicted octanol–water partition coefficient (Wildman–Crippen LogP) is 2.31. The summed E-state index contributed by atoms with van der Waals surface area (Å²) in [5.41, 5.74) is 6.08. The van der Waals surface area contributed by atoms with Crippen molar-refractivity contribution in [2.45, 2.75) is 44.2 Å². The van der Waals surface area contributed by atoms with Crippen LogP contribution in [-0.2, 0) is 9.47 Å². The maximum Gasteiger partial charge on any atom is 0.274 e. The van der Waals surface area contributed by atoms with Gasteiger partial charge in [0.25, 0.3) is 11.5 Å². The first kappa shape index (κ1) is 23.7. The molecule has 3 aromatic heterocycles. The van der Waals surface area contributed by atoms with E-state index in [0.717, 1.165) is 0 Å². The highest BCUT2D eigenvalue weighted by Gasteiger charge is 2.22. The lowest BCUT2D eigenvalue weighted by molar-refractivity contribution is -0.0247. The zero-order chi connectivity index (χ0) is 24.1. The first-order valence-electron chi connectivity index (χ1n) is 11.5. The molecule has 2 fully saturated rings. The molecule has 0 radical (unpaired) electrons. The second-order valence-corrected chi connectivity index (χ2v) is 8.38. The average molecular weight is 470 g/mol. The van der Waals surface area contributed by atoms with Crippen molar-refractivity contribution in [2.75, 3.05) is 38.0 Å². The highest BCUT2D eigenvalue weighted by Crippen LogP contribution is 2.22. The zero-order valence-corrected chi connectivity index (χ0v) is 19.5. The molecule has 2 aliphatic rings. The normalized spacial score (nSPS) is 16.4. The van der Waals surface area contributed by atoms with Gasteiger partial charge in [-0.2, -0.15) is 9.61 Å². The third kappa shape index (κ3) is 5.05. The number of hydrogen-bond acceptors (Lipinski definition) is 8. The molecular formula is C23H31N7O4. The van der Waals surface area contributed by atoms with Gasteiger partial charge in [-0.1, -0.05) is 19.3 Å². The number of pyridine rings is 1. The number of anilines is 3. The summed E-state index contributed by atoms with van der Waals surface area (Å²) in [4.78, 5) is 28.6. The number of ether oxygens (including phenoxy) is 2. The number of amides is 1. The van der Waals surface area contributed by atoms with Crippen molar-refractivity contribution in [3.05, 3.63) is 46.5 Å². The summed E-state index contributed by atoms with van der Waals surface area (Å²) in [5, 5.41) is 10.1. The largest absolute Gasteiger partial charge is 0.381 e. The van der Waals surface area contributed by atoms with Crippen molar-refractivity contribution >= 4 is 28.9 Å². The predicted molar refractivity (Wildman–Crippen MR) is 129 cm³/mol. The van der Waals surface area contributed by atoms with Crippen LogP contribution in [0.3, 0.4) is 0 Å². The molecule has 1 amide bonds. The minimum absolute atomic E-state index is 0.0452. The Labute approximate surface area is 197 Å². The van der Waals surface area contributed by atoms with Crippen LogP contribution in [0.25, 0.3) is 5.65 Å². The van der Waals surface area contributed by atoms with Crippen LogP contribution in [0.4, 0.5) is 17.3 Å². The Hall–Kier alpha value is -3.44. The van der Waals surface area contributed by atoms with E-state index in [9.17, 15) is 9.59 Å². The van der Waals surface area contributed by atoms with Crippen molar-refractivity contribution in [1.82, 2.24) is 19.2 Å². The molecule has 1 aliphatic heterocycles. The van der Waals surface area contributed by atoms with Crippen LogP contribution in [0, 0.1) is 0 Å². The van der Waals surface area contributed by atoms with E-state index in [-0.39, 0.29) is 17.2 Å². The molecule has 182 valence electrons. The molecule has 0 spiro atoms. The lowest BCUT2D eigenvalue weighted by Crippen LogP contribution is -2.37. The summed E-state index contributed by atoms with van der Waals surface area (Å²) in [7, 11) is 3.53. The van der Waals surface area contributed by atoms with E-state index >= 15 is 0 Å². The minimum Gasteiger partial charge on any atom is -0.381 e. The van der Waals surface area contributed by atoms with Gasteiger partial charge in [0.2, 0.25) is 0 Å². The van der Waals surface area contributed by atoms with E-state index in [0.29, 0.717) is 42.3 Å². The van der Waals surface area contributed by atoms with E-state index in [4.69, 9.17) is 15.2 Å². The van der Waals surface area contributed by atoms with Gasteiger partial charge in [-0.3, -0.25) is 9.59 Å². The third-order valence-electron chi connectivity index (χ3n) is 6.13. The molecule has 11 nitrogen and oxygen atoms in total. The van der Waals surface area contributed by atoms with Crippen molar-refractivity contribution in [3.63, 3.8) is 0 Å². The summed E-state index contributed by atoms with van der Waals surface area (Å²) in [6.45, 7) is 1.05. The number of rotatable bonds is 6. The number of fused-ring (bicyclic) bond motifs is 1. The van der Waals surface area contributed by atoms with Crippen molar-refractivity contribution in [3.8, 4) is 0 Å². The van der Waals surface area contributed by atoms with Gasteiger partial charge in [0.1, 0.15) is 22.9 Å². The molecule has 0 bridgehead atoms. The monoisotopic (exact) mass is 469 g/mol. The molecule has 5 rings (SSSR count). The SMILES string of the molecule is CNc1cc(Nc2cccn(C3COC3)c2=O)nc2c(C(N)=O)cnn12.COC1CCCCC1. The highest BCUT2D eigenvalue weighted by atomic mass is 16.5. The Kier molecular flexibility index (Phi) is 7.43. The first-order chi connectivity index (χ1) is 16.5. The van der Waals surface area contributed by atoms with Gasteiger partial charge in [0.05, 0.1) is 31.6 Å². The summed E-state index contributed by atoms with van der Waals surface area (Å²) in [6.07, 6.45) is 10.4. The van der Waals surface area contributed by atoms with Crippen LogP contribution < -0.4 is 21.9 Å². The minimum atomic E-state index is -0.626. The van der Waals surface area contributed by atoms with Gasteiger partial charge in [0, 0.05) is 26.4 Å². The number of aromatic nitrogens is 4. The molecule has 0 atom stereocenters. The van der Waals surface area contributed by atoms with Crippen LogP contribution in [0.2, 0.25) is 0 Å². The topological polar surface area (TPSA) is 138 Å². The number of nitrogens with one attached hydrogen (secondary N) is 2. The molecule has 11 heteroatoms. The van der Waals surface area contributed by atoms with Crippen molar-refractivity contribution < 1.29 is 14.3 Å². The second-order valence-electron chi connectivity index (χ2n) is 8.38.